The number of halogens is 2. The molecule has 88 heavy (non-hydrogen) atoms. The van der Waals surface area contributed by atoms with Crippen molar-refractivity contribution in [2.75, 3.05) is 28.6 Å². The molecule has 0 radical (unpaired) electrons. The average molecular weight is 1290 g/mol. The highest BCUT2D eigenvalue weighted by molar-refractivity contribution is 8.02. The van der Waals surface area contributed by atoms with Crippen LogP contribution in [0.25, 0.3) is 4.96 Å². The number of nitrogens with one attached hydrogen (secondary N) is 2. The Morgan fingerprint density at radius 3 is 1.86 bits per heavy atom. The number of carbonyl (C=O) groups excluding carboxylic acids is 6. The number of aromatic nitrogens is 4. The number of benzene rings is 6. The van der Waals surface area contributed by atoms with E-state index < -0.39 is 76.2 Å². The monoisotopic (exact) mass is 1290 g/mol. The van der Waals surface area contributed by atoms with Gasteiger partial charge in [0.25, 0.3) is 17.4 Å². The van der Waals surface area contributed by atoms with Crippen LogP contribution in [0.1, 0.15) is 61.2 Å². The average Bonchev–Trinajstić information content (AvgIpc) is 1.04. The summed E-state index contributed by atoms with van der Waals surface area (Å²) in [4.78, 5) is 113. The van der Waals surface area contributed by atoms with Gasteiger partial charge < -0.3 is 29.7 Å². The molecule has 25 heteroatoms. The van der Waals surface area contributed by atoms with Crippen LogP contribution < -0.4 is 25.7 Å². The number of amides is 2. The molecular weight excluding hydrogens is 1240 g/mol. The quantitative estimate of drug-likeness (QED) is 0.00782. The number of rotatable bonds is 21. The maximum atomic E-state index is 15.1. The van der Waals surface area contributed by atoms with Gasteiger partial charge in [0.2, 0.25) is 4.96 Å². The van der Waals surface area contributed by atoms with Crippen LogP contribution in [0.15, 0.2) is 201 Å². The first-order valence-electron chi connectivity index (χ1n) is 26.9. The van der Waals surface area contributed by atoms with E-state index in [1.165, 1.54) is 68.7 Å². The molecule has 0 bridgehead atoms. The van der Waals surface area contributed by atoms with E-state index in [9.17, 15) is 24.0 Å². The van der Waals surface area contributed by atoms with Crippen LogP contribution in [-0.4, -0.2) is 101 Å². The van der Waals surface area contributed by atoms with Gasteiger partial charge in [-0.2, -0.15) is 4.52 Å². The third-order valence-corrected chi connectivity index (χ3v) is 18.6. The Kier molecular flexibility index (Phi) is 18.6. The van der Waals surface area contributed by atoms with Crippen molar-refractivity contribution in [2.45, 2.75) is 41.2 Å². The third-order valence-electron chi connectivity index (χ3n) is 14.0. The van der Waals surface area contributed by atoms with Gasteiger partial charge in [-0.25, -0.2) is 19.6 Å². The number of hydrogen-bond acceptors (Lipinski definition) is 20. The smallest absolute Gasteiger partial charge is 0.366 e. The van der Waals surface area contributed by atoms with Crippen molar-refractivity contribution >= 4 is 121 Å². The molecular formula is C63H48Cl2N8O11S4. The van der Waals surface area contributed by atoms with Crippen LogP contribution in [-0.2, 0) is 39.1 Å². The molecule has 2 aliphatic heterocycles. The summed E-state index contributed by atoms with van der Waals surface area (Å²) in [5, 5.41) is 16.1. The van der Waals surface area contributed by atoms with Crippen molar-refractivity contribution in [2.24, 2.45) is 5.16 Å². The van der Waals surface area contributed by atoms with Gasteiger partial charge in [-0.05, 0) is 64.9 Å². The van der Waals surface area contributed by atoms with E-state index in [1.54, 1.807) is 6.92 Å². The SMILES string of the molecule is Cc1cc(=O)n2nc(SCC3=C(C(=O)OC(c4ccccc4)c4ccccc4)N4C(=O)[C@@H](NC(=O)/C(=N/OC(=O)c5cc(OC(=O)CCl)c(OC(=O)CCl)cc5C)c5csc(NC(c6ccccc6)(c6ccccc6)c6ccccc6)n5)[C@H]4SC3)sc2n1. The molecule has 2 amide bonds. The van der Waals surface area contributed by atoms with Gasteiger partial charge in [-0.15, -0.1) is 51.4 Å². The number of β-lactam (4-membered cyclic amide) rings is 1. The number of aryl methyl sites for hydroxylation is 2. The van der Waals surface area contributed by atoms with Gasteiger partial charge in [-0.3, -0.25) is 28.9 Å². The van der Waals surface area contributed by atoms with E-state index in [-0.39, 0.29) is 51.1 Å². The lowest BCUT2D eigenvalue weighted by Crippen LogP contribution is -2.71. The standard InChI is InChI=1S/C63H48Cl2N8O11S4/c1-36-28-46(81-49(75)31-64)47(82-50(76)32-65)30-44(36)58(79)84-71-51(45-35-86-60(67-45)69-63(41-22-12-5-13-23-41,42-24-14-6-15-25-42)43-26-16-7-17-27-43)55(77)68-52-56(78)72-53(59(80)83-54(38-18-8-3-9-19-38)39-20-10-4-11-21-39)40(33-85-57(52)72)34-87-62-70-73-48(74)29-37(2)66-61(73)88-62/h3-30,35,52,54,57H,31-34H2,1-2H3,(H,67,69)(H,68,77)/b71-51+/t52-,57-/m1/s1. The Morgan fingerprint density at radius 1 is 0.739 bits per heavy atom. The van der Waals surface area contributed by atoms with Gasteiger partial charge in [0.1, 0.15) is 40.1 Å². The molecule has 19 nitrogen and oxygen atoms in total. The Labute approximate surface area is 528 Å². The van der Waals surface area contributed by atoms with Crippen LogP contribution in [0.5, 0.6) is 11.5 Å². The fourth-order valence-corrected chi connectivity index (χ4v) is 14.2. The van der Waals surface area contributed by atoms with Gasteiger partial charge in [0.05, 0.1) is 5.56 Å². The van der Waals surface area contributed by atoms with Crippen LogP contribution in [0.4, 0.5) is 5.13 Å². The number of alkyl halides is 2. The Morgan fingerprint density at radius 2 is 1.30 bits per heavy atom. The zero-order valence-electron chi connectivity index (χ0n) is 46.4. The highest BCUT2D eigenvalue weighted by Crippen LogP contribution is 2.44. The summed E-state index contributed by atoms with van der Waals surface area (Å²) in [5.41, 5.74) is 2.89. The molecule has 0 saturated carbocycles. The molecule has 3 aromatic heterocycles. The van der Waals surface area contributed by atoms with E-state index >= 15 is 9.59 Å². The second kappa shape index (κ2) is 27.0. The van der Waals surface area contributed by atoms with Crippen molar-refractivity contribution in [3.05, 3.63) is 247 Å². The number of nitrogens with zero attached hydrogens (tertiary/aromatic N) is 6. The summed E-state index contributed by atoms with van der Waals surface area (Å²) < 4.78 is 18.7. The molecule has 2 atom stereocenters. The molecule has 5 heterocycles. The number of anilines is 1. The molecule has 444 valence electrons. The highest BCUT2D eigenvalue weighted by Gasteiger charge is 2.55. The molecule has 2 aliphatic rings. The number of esters is 3. The molecule has 1 fully saturated rings. The van der Waals surface area contributed by atoms with Crippen LogP contribution >= 0.6 is 69.4 Å². The molecule has 0 unspecified atom stereocenters. The van der Waals surface area contributed by atoms with E-state index in [4.69, 9.17) is 47.2 Å². The molecule has 6 aromatic carbocycles. The predicted molar refractivity (Wildman–Crippen MR) is 336 cm³/mol. The van der Waals surface area contributed by atoms with Crippen molar-refractivity contribution in [3.8, 4) is 11.5 Å². The zero-order chi connectivity index (χ0) is 61.5. The van der Waals surface area contributed by atoms with Crippen molar-refractivity contribution in [1.82, 2.24) is 29.8 Å². The Hall–Kier alpha value is -8.97. The molecule has 0 spiro atoms. The van der Waals surface area contributed by atoms with Crippen molar-refractivity contribution in [3.63, 3.8) is 0 Å². The number of fused-ring (bicyclic) bond motifs is 2. The van der Waals surface area contributed by atoms with E-state index in [1.807, 2.05) is 152 Å². The van der Waals surface area contributed by atoms with Gasteiger partial charge in [0, 0.05) is 28.6 Å². The topological polar surface area (TPSA) is 239 Å². The maximum Gasteiger partial charge on any atom is 0.366 e. The van der Waals surface area contributed by atoms with Crippen LogP contribution in [0.2, 0.25) is 0 Å². The normalized spacial score (nSPS) is 14.9. The minimum atomic E-state index is -1.28. The summed E-state index contributed by atoms with van der Waals surface area (Å²) in [6.45, 7) is 3.20. The lowest BCUT2D eigenvalue weighted by atomic mass is 9.77. The summed E-state index contributed by atoms with van der Waals surface area (Å²) in [5.74, 6) is -6.83. The number of hydrogen-bond donors (Lipinski definition) is 2. The molecule has 0 aliphatic carbocycles. The zero-order valence-corrected chi connectivity index (χ0v) is 51.1. The molecule has 1 saturated heterocycles. The number of carbonyl (C=O) groups is 6. The Bertz CT molecular complexity index is 4120. The number of ether oxygens (including phenoxy) is 3. The van der Waals surface area contributed by atoms with Gasteiger partial charge in [-0.1, -0.05) is 180 Å². The number of thioether (sulfide) groups is 2. The second-order valence-corrected chi connectivity index (χ2v) is 24.3. The largest absolute Gasteiger partial charge is 0.448 e. The summed E-state index contributed by atoms with van der Waals surface area (Å²) >= 11 is 16.3. The predicted octanol–water partition coefficient (Wildman–Crippen LogP) is 10.3. The van der Waals surface area contributed by atoms with E-state index in [2.05, 4.69) is 25.9 Å². The minimum absolute atomic E-state index is 0.0254. The van der Waals surface area contributed by atoms with Crippen LogP contribution in [0, 0.1) is 13.8 Å². The molecule has 2 N–H and O–H groups in total. The number of oxime groups is 1. The summed E-state index contributed by atoms with van der Waals surface area (Å²) in [7, 11) is 0. The Balaban J connectivity index is 0.944. The maximum absolute atomic E-state index is 15.1. The van der Waals surface area contributed by atoms with Gasteiger partial charge in [0.15, 0.2) is 32.8 Å². The van der Waals surface area contributed by atoms with Gasteiger partial charge >= 0.3 is 23.9 Å². The second-order valence-electron chi connectivity index (χ2n) is 19.7. The lowest BCUT2D eigenvalue weighted by Gasteiger charge is -2.49. The van der Waals surface area contributed by atoms with Crippen molar-refractivity contribution in [1.29, 1.82) is 0 Å². The first-order valence-corrected chi connectivity index (χ1v) is 31.7. The van der Waals surface area contributed by atoms with Crippen LogP contribution in [0.3, 0.4) is 0 Å². The summed E-state index contributed by atoms with van der Waals surface area (Å²) in [6, 6.07) is 50.0. The first-order chi connectivity index (χ1) is 42.7. The number of thiazole rings is 1. The fraction of sp³-hybridized carbons (Fsp3) is 0.159. The summed E-state index contributed by atoms with van der Waals surface area (Å²) in [6.07, 6.45) is -0.888. The fourth-order valence-electron chi connectivity index (χ4n) is 9.91. The van der Waals surface area contributed by atoms with E-state index in [0.29, 0.717) is 36.8 Å². The first kappa shape index (κ1) is 60.7. The minimum Gasteiger partial charge on any atom is -0.448 e. The van der Waals surface area contributed by atoms with Crippen molar-refractivity contribution < 1.29 is 47.8 Å². The molecule has 9 aromatic rings. The highest BCUT2D eigenvalue weighted by atomic mass is 35.5. The third kappa shape index (κ3) is 12.9. The lowest BCUT2D eigenvalue weighted by molar-refractivity contribution is -0.154. The van der Waals surface area contributed by atoms with E-state index in [0.717, 1.165) is 34.1 Å². The molecule has 11 rings (SSSR count).